The number of hydrogen-bond acceptors (Lipinski definition) is 5. The van der Waals surface area contributed by atoms with Crippen molar-refractivity contribution in [1.29, 1.82) is 0 Å². The summed E-state index contributed by atoms with van der Waals surface area (Å²) < 4.78 is 0. The molecule has 0 radical (unpaired) electrons. The molecule has 0 saturated heterocycles. The molecule has 2 aromatic carbocycles. The number of anilines is 1. The van der Waals surface area contributed by atoms with Crippen LogP contribution in [0.5, 0.6) is 5.75 Å². The van der Waals surface area contributed by atoms with Gasteiger partial charge in [-0.3, -0.25) is 5.73 Å². The Morgan fingerprint density at radius 2 is 1.90 bits per heavy atom. The molecular weight excluding hydrogens is 256 g/mol. The summed E-state index contributed by atoms with van der Waals surface area (Å²) in [4.78, 5) is 4.16. The summed E-state index contributed by atoms with van der Waals surface area (Å²) >= 11 is 0. The third-order valence-electron chi connectivity index (χ3n) is 3.16. The third-order valence-corrected chi connectivity index (χ3v) is 3.16. The molecule has 0 saturated carbocycles. The van der Waals surface area contributed by atoms with Gasteiger partial charge in [-0.05, 0) is 24.1 Å². The molecule has 0 fully saturated rings. The minimum absolute atomic E-state index is 0.0733. The standard InChI is InChI=1S/C14H12N4O2/c1-8-4-2-3-5-9(8)10-6-12-11(7-13(10)19)16-14(15)18(20)17-12/h2-7,19H,1H3,(H2,15,16). The lowest BCUT2D eigenvalue weighted by molar-refractivity contribution is -0.654. The van der Waals surface area contributed by atoms with Gasteiger partial charge in [-0.1, -0.05) is 29.2 Å². The van der Waals surface area contributed by atoms with Crippen molar-refractivity contribution in [3.63, 3.8) is 0 Å². The summed E-state index contributed by atoms with van der Waals surface area (Å²) in [6.07, 6.45) is 0. The number of nitrogen functional groups attached to an aromatic ring is 1. The van der Waals surface area contributed by atoms with Crippen LogP contribution in [-0.2, 0) is 0 Å². The van der Waals surface area contributed by atoms with Crippen LogP contribution in [0.1, 0.15) is 5.56 Å². The molecule has 1 aromatic heterocycles. The number of phenolic OH excluding ortho intramolecular Hbond substituents is 1. The lowest BCUT2D eigenvalue weighted by atomic mass is 9.99. The van der Waals surface area contributed by atoms with Crippen molar-refractivity contribution < 1.29 is 9.95 Å². The quantitative estimate of drug-likeness (QED) is 0.515. The van der Waals surface area contributed by atoms with E-state index >= 15 is 0 Å². The van der Waals surface area contributed by atoms with E-state index in [1.54, 1.807) is 6.07 Å². The smallest absolute Gasteiger partial charge is 0.410 e. The van der Waals surface area contributed by atoms with Gasteiger partial charge in [-0.2, -0.15) is 0 Å². The van der Waals surface area contributed by atoms with Crippen LogP contribution in [0.2, 0.25) is 0 Å². The monoisotopic (exact) mass is 268 g/mol. The zero-order valence-electron chi connectivity index (χ0n) is 10.7. The molecule has 20 heavy (non-hydrogen) atoms. The number of nitrogens with two attached hydrogens (primary N) is 1. The number of aryl methyl sites for hydroxylation is 1. The predicted molar refractivity (Wildman–Crippen MR) is 74.7 cm³/mol. The van der Waals surface area contributed by atoms with Gasteiger partial charge in [0.1, 0.15) is 11.3 Å². The maximum Gasteiger partial charge on any atom is 0.410 e. The Hall–Kier alpha value is -2.89. The first-order chi connectivity index (χ1) is 9.56. The number of nitrogens with zero attached hydrogens (tertiary/aromatic N) is 3. The van der Waals surface area contributed by atoms with Gasteiger partial charge < -0.3 is 10.3 Å². The topological polar surface area (TPSA) is 99.0 Å². The van der Waals surface area contributed by atoms with E-state index in [-0.39, 0.29) is 16.5 Å². The van der Waals surface area contributed by atoms with Crippen molar-refractivity contribution in [2.75, 3.05) is 5.73 Å². The van der Waals surface area contributed by atoms with Crippen LogP contribution in [0.4, 0.5) is 5.95 Å². The second-order valence-electron chi connectivity index (χ2n) is 4.52. The molecule has 100 valence electrons. The largest absolute Gasteiger partial charge is 0.722 e. The van der Waals surface area contributed by atoms with Crippen molar-refractivity contribution in [3.05, 3.63) is 47.2 Å². The molecule has 0 aliphatic heterocycles. The van der Waals surface area contributed by atoms with E-state index < -0.39 is 0 Å². The van der Waals surface area contributed by atoms with Crippen molar-refractivity contribution in [3.8, 4) is 16.9 Å². The first-order valence-corrected chi connectivity index (χ1v) is 6.02. The van der Waals surface area contributed by atoms with Gasteiger partial charge >= 0.3 is 5.95 Å². The Kier molecular flexibility index (Phi) is 2.64. The average Bonchev–Trinajstić information content (AvgIpc) is 2.41. The molecule has 6 heteroatoms. The lowest BCUT2D eigenvalue weighted by Gasteiger charge is -2.09. The molecule has 3 N–H and O–H groups in total. The maximum atomic E-state index is 11.4. The number of phenols is 1. The van der Waals surface area contributed by atoms with Gasteiger partial charge in [-0.15, -0.1) is 9.94 Å². The summed E-state index contributed by atoms with van der Waals surface area (Å²) in [5.41, 5.74) is 8.66. The first-order valence-electron chi connectivity index (χ1n) is 6.02. The number of aromatic hydroxyl groups is 1. The highest BCUT2D eigenvalue weighted by Gasteiger charge is 2.13. The highest BCUT2D eigenvalue weighted by molar-refractivity contribution is 5.86. The van der Waals surface area contributed by atoms with E-state index in [0.717, 1.165) is 11.1 Å². The molecule has 0 amide bonds. The molecule has 6 nitrogen and oxygen atoms in total. The fourth-order valence-electron chi connectivity index (χ4n) is 2.14. The van der Waals surface area contributed by atoms with E-state index in [0.29, 0.717) is 16.6 Å². The first kappa shape index (κ1) is 12.2. The second kappa shape index (κ2) is 4.34. The Balaban J connectivity index is 2.30. The van der Waals surface area contributed by atoms with Gasteiger partial charge in [-0.25, -0.2) is 0 Å². The van der Waals surface area contributed by atoms with Crippen LogP contribution < -0.4 is 10.6 Å². The van der Waals surface area contributed by atoms with Crippen LogP contribution in [0, 0.1) is 12.1 Å². The number of fused-ring (bicyclic) bond motifs is 1. The Labute approximate surface area is 114 Å². The van der Waals surface area contributed by atoms with Gasteiger partial charge in [0, 0.05) is 11.6 Å². The normalized spacial score (nSPS) is 10.8. The molecule has 0 bridgehead atoms. The van der Waals surface area contributed by atoms with E-state index in [4.69, 9.17) is 5.73 Å². The van der Waals surface area contributed by atoms with Gasteiger partial charge in [0.25, 0.3) is 0 Å². The Bertz CT molecular complexity index is 818. The number of benzene rings is 2. The minimum Gasteiger partial charge on any atom is -0.722 e. The van der Waals surface area contributed by atoms with Gasteiger partial charge in [0.2, 0.25) is 0 Å². The van der Waals surface area contributed by atoms with Crippen LogP contribution in [-0.4, -0.2) is 15.2 Å². The van der Waals surface area contributed by atoms with E-state index in [1.165, 1.54) is 6.07 Å². The second-order valence-corrected chi connectivity index (χ2v) is 4.52. The van der Waals surface area contributed by atoms with Crippen LogP contribution >= 0.6 is 0 Å². The van der Waals surface area contributed by atoms with Crippen molar-refractivity contribution in [2.24, 2.45) is 0 Å². The molecule has 0 aliphatic carbocycles. The molecular formula is C14H12N4O2. The SMILES string of the molecule is Cc1ccccc1-c1cc2n[n+]([O-])c(N)nc2cc1O. The molecule has 1 heterocycles. The van der Waals surface area contributed by atoms with Crippen LogP contribution in [0.25, 0.3) is 22.2 Å². The van der Waals surface area contributed by atoms with Crippen molar-refractivity contribution in [2.45, 2.75) is 6.92 Å². The van der Waals surface area contributed by atoms with E-state index in [9.17, 15) is 10.3 Å². The summed E-state index contributed by atoms with van der Waals surface area (Å²) in [6.45, 7) is 1.95. The summed E-state index contributed by atoms with van der Waals surface area (Å²) in [5, 5.41) is 25.3. The number of rotatable bonds is 1. The number of aromatic nitrogens is 3. The van der Waals surface area contributed by atoms with Crippen molar-refractivity contribution >= 4 is 17.0 Å². The zero-order valence-corrected chi connectivity index (χ0v) is 10.7. The summed E-state index contributed by atoms with van der Waals surface area (Å²) in [7, 11) is 0. The van der Waals surface area contributed by atoms with Gasteiger partial charge in [0.15, 0.2) is 5.52 Å². The molecule has 0 atom stereocenters. The van der Waals surface area contributed by atoms with Gasteiger partial charge in [0.05, 0.1) is 0 Å². The minimum atomic E-state index is -0.249. The third kappa shape index (κ3) is 1.87. The maximum absolute atomic E-state index is 11.4. The highest BCUT2D eigenvalue weighted by atomic mass is 16.5. The Morgan fingerprint density at radius 3 is 2.65 bits per heavy atom. The highest BCUT2D eigenvalue weighted by Crippen LogP contribution is 2.33. The van der Waals surface area contributed by atoms with Crippen molar-refractivity contribution in [1.82, 2.24) is 10.1 Å². The molecule has 3 rings (SSSR count). The molecule has 0 aliphatic rings. The fraction of sp³-hybridized carbons (Fsp3) is 0.0714. The average molecular weight is 268 g/mol. The van der Waals surface area contributed by atoms with Crippen LogP contribution in [0.3, 0.4) is 0 Å². The predicted octanol–water partition coefficient (Wildman–Crippen LogP) is 1.53. The zero-order chi connectivity index (χ0) is 14.3. The summed E-state index contributed by atoms with van der Waals surface area (Å²) in [6, 6.07) is 10.7. The fourth-order valence-corrected chi connectivity index (χ4v) is 2.14. The molecule has 0 spiro atoms. The van der Waals surface area contributed by atoms with Crippen LogP contribution in [0.15, 0.2) is 36.4 Å². The Morgan fingerprint density at radius 1 is 1.15 bits per heavy atom. The summed E-state index contributed by atoms with van der Waals surface area (Å²) in [5.74, 6) is -0.176. The number of hydrogen-bond donors (Lipinski definition) is 2. The molecule has 3 aromatic rings. The lowest BCUT2D eigenvalue weighted by Crippen LogP contribution is -2.35. The van der Waals surface area contributed by atoms with E-state index in [1.807, 2.05) is 31.2 Å². The molecule has 0 unspecified atom stereocenters. The van der Waals surface area contributed by atoms with E-state index in [2.05, 4.69) is 10.1 Å².